The number of hydrogen-bond donors (Lipinski definition) is 0. The van der Waals surface area contributed by atoms with E-state index in [1.807, 2.05) is 36.4 Å². The van der Waals surface area contributed by atoms with Gasteiger partial charge in [0.1, 0.15) is 0 Å². The third-order valence-electron chi connectivity index (χ3n) is 2.15. The van der Waals surface area contributed by atoms with Crippen LogP contribution in [0.4, 0.5) is 0 Å². The van der Waals surface area contributed by atoms with Crippen molar-refractivity contribution in [3.05, 3.63) is 59.7 Å². The summed E-state index contributed by atoms with van der Waals surface area (Å²) in [5, 5.41) is 8.72. The molecule has 0 heterocycles. The number of nitriles is 1. The van der Waals surface area contributed by atoms with Crippen LogP contribution < -0.4 is 0 Å². The second-order valence-corrected chi connectivity index (χ2v) is 3.03. The first kappa shape index (κ1) is 7.82. The van der Waals surface area contributed by atoms with Crippen LogP contribution in [0.5, 0.6) is 0 Å². The first-order valence-corrected chi connectivity index (χ1v) is 4.25. The van der Waals surface area contributed by atoms with E-state index >= 15 is 0 Å². The fourth-order valence-corrected chi connectivity index (χ4v) is 1.47. The van der Waals surface area contributed by atoms with E-state index in [0.29, 0.717) is 5.92 Å². The van der Waals surface area contributed by atoms with Crippen molar-refractivity contribution < 1.29 is 0 Å². The molecule has 0 fully saturated rings. The molecule has 1 aliphatic carbocycles. The van der Waals surface area contributed by atoms with Crippen molar-refractivity contribution in [1.29, 1.82) is 5.26 Å². The Bertz CT molecular complexity index is 395. The van der Waals surface area contributed by atoms with E-state index in [1.165, 1.54) is 5.56 Å². The molecule has 1 nitrogen and oxygen atoms in total. The zero-order chi connectivity index (χ0) is 9.10. The predicted octanol–water partition coefficient (Wildman–Crippen LogP) is 2.77. The molecule has 0 unspecified atom stereocenters. The Balaban J connectivity index is 2.36. The van der Waals surface area contributed by atoms with Crippen LogP contribution in [0.2, 0.25) is 0 Å². The molecule has 1 heteroatoms. The van der Waals surface area contributed by atoms with Crippen LogP contribution in [0.1, 0.15) is 17.0 Å². The van der Waals surface area contributed by atoms with Crippen molar-refractivity contribution >= 4 is 0 Å². The Morgan fingerprint density at radius 3 is 2.62 bits per heavy atom. The molecule has 1 aromatic carbocycles. The molecule has 0 spiro atoms. The van der Waals surface area contributed by atoms with Gasteiger partial charge in [0.15, 0.2) is 0 Å². The molecule has 13 heavy (non-hydrogen) atoms. The largest absolute Gasteiger partial charge is 0.192 e. The van der Waals surface area contributed by atoms with Crippen molar-refractivity contribution in [2.75, 3.05) is 0 Å². The van der Waals surface area contributed by atoms with Crippen molar-refractivity contribution in [3.63, 3.8) is 0 Å². The molecule has 62 valence electrons. The summed E-state index contributed by atoms with van der Waals surface area (Å²) in [6, 6.07) is 9.87. The monoisotopic (exact) mass is 167 g/mol. The van der Waals surface area contributed by atoms with E-state index < -0.39 is 0 Å². The highest BCUT2D eigenvalue weighted by atomic mass is 14.2. The number of nitrogens with zero attached hydrogens (tertiary/aromatic N) is 1. The quantitative estimate of drug-likeness (QED) is 0.631. The van der Waals surface area contributed by atoms with Crippen molar-refractivity contribution in [2.45, 2.75) is 5.92 Å². The lowest BCUT2D eigenvalue weighted by atomic mass is 9.99. The Morgan fingerprint density at radius 1 is 1.15 bits per heavy atom. The normalized spacial score (nSPS) is 14.7. The Labute approximate surface area is 77.6 Å². The van der Waals surface area contributed by atoms with Crippen LogP contribution in [0.15, 0.2) is 48.6 Å². The summed E-state index contributed by atoms with van der Waals surface area (Å²) in [6.45, 7) is 0. The second kappa shape index (κ2) is 3.28. The molecule has 0 radical (unpaired) electrons. The maximum absolute atomic E-state index is 8.72. The van der Waals surface area contributed by atoms with E-state index in [9.17, 15) is 0 Å². The Kier molecular flexibility index (Phi) is 1.97. The van der Waals surface area contributed by atoms with Gasteiger partial charge >= 0.3 is 0 Å². The van der Waals surface area contributed by atoms with E-state index in [1.54, 1.807) is 0 Å². The van der Waals surface area contributed by atoms with Gasteiger partial charge in [-0.25, -0.2) is 0 Å². The average molecular weight is 167 g/mol. The highest BCUT2D eigenvalue weighted by molar-refractivity contribution is 5.40. The smallest absolute Gasteiger partial charge is 0.0991 e. The maximum atomic E-state index is 8.72. The molecule has 1 aromatic rings. The van der Waals surface area contributed by atoms with Gasteiger partial charge in [0.2, 0.25) is 0 Å². The van der Waals surface area contributed by atoms with Gasteiger partial charge in [0, 0.05) is 5.92 Å². The molecule has 0 amide bonds. The lowest BCUT2D eigenvalue weighted by molar-refractivity contribution is 1.10. The van der Waals surface area contributed by atoms with Crippen LogP contribution in [-0.4, -0.2) is 0 Å². The Hall–Kier alpha value is -1.81. The van der Waals surface area contributed by atoms with Crippen LogP contribution in [0, 0.1) is 11.3 Å². The molecule has 0 saturated heterocycles. The molecule has 2 rings (SSSR count). The predicted molar refractivity (Wildman–Crippen MR) is 52.2 cm³/mol. The standard InChI is InChI=1S/C12H9N/c13-9-10-4-3-7-12(8-10)11-5-1-2-6-11/h1-8,11H. The summed E-state index contributed by atoms with van der Waals surface area (Å²) in [6.07, 6.45) is 8.31. The second-order valence-electron chi connectivity index (χ2n) is 3.03. The summed E-state index contributed by atoms with van der Waals surface area (Å²) < 4.78 is 0. The van der Waals surface area contributed by atoms with Crippen LogP contribution in [0.3, 0.4) is 0 Å². The third kappa shape index (κ3) is 1.52. The minimum atomic E-state index is 0.355. The molecular weight excluding hydrogens is 158 g/mol. The molecule has 0 N–H and O–H groups in total. The topological polar surface area (TPSA) is 23.8 Å². The fraction of sp³-hybridized carbons (Fsp3) is 0.0833. The van der Waals surface area contributed by atoms with Gasteiger partial charge in [0.25, 0.3) is 0 Å². The highest BCUT2D eigenvalue weighted by Gasteiger charge is 2.06. The van der Waals surface area contributed by atoms with Gasteiger partial charge in [-0.2, -0.15) is 5.26 Å². The molecule has 0 atom stereocenters. The number of allylic oxidation sites excluding steroid dienone is 4. The summed E-state index contributed by atoms with van der Waals surface area (Å²) in [5.74, 6) is 0.355. The lowest BCUT2D eigenvalue weighted by Crippen LogP contribution is -1.88. The number of rotatable bonds is 1. The maximum Gasteiger partial charge on any atom is 0.0991 e. The van der Waals surface area contributed by atoms with E-state index in [0.717, 1.165) is 5.56 Å². The van der Waals surface area contributed by atoms with Crippen LogP contribution in [0.25, 0.3) is 0 Å². The minimum Gasteiger partial charge on any atom is -0.192 e. The van der Waals surface area contributed by atoms with Gasteiger partial charge < -0.3 is 0 Å². The summed E-state index contributed by atoms with van der Waals surface area (Å²) in [4.78, 5) is 0. The zero-order valence-electron chi connectivity index (χ0n) is 7.14. The SMILES string of the molecule is N#Cc1cccc(C2C=CC=C2)c1. The van der Waals surface area contributed by atoms with Gasteiger partial charge in [-0.1, -0.05) is 36.4 Å². The molecule has 0 aromatic heterocycles. The minimum absolute atomic E-state index is 0.355. The molecule has 0 aliphatic heterocycles. The van der Waals surface area contributed by atoms with E-state index in [2.05, 4.69) is 18.2 Å². The molecule has 0 saturated carbocycles. The molecular formula is C12H9N. The zero-order valence-corrected chi connectivity index (χ0v) is 7.14. The Morgan fingerprint density at radius 2 is 1.92 bits per heavy atom. The van der Waals surface area contributed by atoms with E-state index in [-0.39, 0.29) is 0 Å². The lowest BCUT2D eigenvalue weighted by Gasteiger charge is -2.04. The van der Waals surface area contributed by atoms with Gasteiger partial charge in [-0.3, -0.25) is 0 Å². The number of hydrogen-bond acceptors (Lipinski definition) is 1. The summed E-state index contributed by atoms with van der Waals surface area (Å²) >= 11 is 0. The summed E-state index contributed by atoms with van der Waals surface area (Å²) in [7, 11) is 0. The van der Waals surface area contributed by atoms with Crippen LogP contribution >= 0.6 is 0 Å². The van der Waals surface area contributed by atoms with Gasteiger partial charge in [-0.15, -0.1) is 0 Å². The van der Waals surface area contributed by atoms with Crippen molar-refractivity contribution in [3.8, 4) is 6.07 Å². The first-order valence-electron chi connectivity index (χ1n) is 4.25. The van der Waals surface area contributed by atoms with Gasteiger partial charge in [0.05, 0.1) is 11.6 Å². The van der Waals surface area contributed by atoms with Crippen molar-refractivity contribution in [2.24, 2.45) is 0 Å². The molecule has 1 aliphatic rings. The van der Waals surface area contributed by atoms with Crippen LogP contribution in [-0.2, 0) is 0 Å². The first-order chi connectivity index (χ1) is 6.40. The van der Waals surface area contributed by atoms with Gasteiger partial charge in [-0.05, 0) is 17.7 Å². The van der Waals surface area contributed by atoms with E-state index in [4.69, 9.17) is 5.26 Å². The number of benzene rings is 1. The highest BCUT2D eigenvalue weighted by Crippen LogP contribution is 2.23. The summed E-state index contributed by atoms with van der Waals surface area (Å²) in [5.41, 5.74) is 1.91. The fourth-order valence-electron chi connectivity index (χ4n) is 1.47. The molecule has 0 bridgehead atoms. The average Bonchev–Trinajstić information content (AvgIpc) is 2.71. The van der Waals surface area contributed by atoms with Crippen molar-refractivity contribution in [1.82, 2.24) is 0 Å². The third-order valence-corrected chi connectivity index (χ3v) is 2.15.